The van der Waals surface area contributed by atoms with Crippen molar-refractivity contribution in [3.8, 4) is 0 Å². The molecular formula is C21H23N2O5-. The lowest BCUT2D eigenvalue weighted by molar-refractivity contribution is -0.385. The first kappa shape index (κ1) is 21.1. The van der Waals surface area contributed by atoms with Crippen molar-refractivity contribution in [2.24, 2.45) is 0 Å². The van der Waals surface area contributed by atoms with Crippen LogP contribution in [-0.2, 0) is 10.2 Å². The summed E-state index contributed by atoms with van der Waals surface area (Å²) in [5.41, 5.74) is 1.81. The minimum Gasteiger partial charge on any atom is -0.550 e. The van der Waals surface area contributed by atoms with Crippen LogP contribution in [0.3, 0.4) is 0 Å². The highest BCUT2D eigenvalue weighted by Crippen LogP contribution is 2.26. The fourth-order valence-corrected chi connectivity index (χ4v) is 2.94. The van der Waals surface area contributed by atoms with Crippen LogP contribution in [-0.4, -0.2) is 16.8 Å². The van der Waals surface area contributed by atoms with E-state index in [9.17, 15) is 24.8 Å². The Labute approximate surface area is 163 Å². The van der Waals surface area contributed by atoms with Crippen molar-refractivity contribution in [3.05, 3.63) is 74.8 Å². The van der Waals surface area contributed by atoms with E-state index in [0.29, 0.717) is 5.56 Å². The zero-order valence-electron chi connectivity index (χ0n) is 16.3. The van der Waals surface area contributed by atoms with E-state index in [2.05, 4.69) is 26.1 Å². The second-order valence-corrected chi connectivity index (χ2v) is 7.68. The third-order valence-electron chi connectivity index (χ3n) is 4.60. The average molecular weight is 383 g/mol. The van der Waals surface area contributed by atoms with Gasteiger partial charge in [-0.2, -0.15) is 0 Å². The van der Waals surface area contributed by atoms with Gasteiger partial charge < -0.3 is 15.2 Å². The number of aliphatic carboxylic acids is 1. The minimum atomic E-state index is -1.30. The van der Waals surface area contributed by atoms with Crippen LogP contribution in [0.2, 0.25) is 0 Å². The van der Waals surface area contributed by atoms with E-state index in [1.54, 1.807) is 12.1 Å². The zero-order valence-corrected chi connectivity index (χ0v) is 16.3. The van der Waals surface area contributed by atoms with Crippen LogP contribution in [0.15, 0.2) is 42.5 Å². The molecule has 2 aromatic carbocycles. The molecule has 0 bridgehead atoms. The first-order valence-electron chi connectivity index (χ1n) is 8.86. The second-order valence-electron chi connectivity index (χ2n) is 7.68. The van der Waals surface area contributed by atoms with E-state index < -0.39 is 29.3 Å². The van der Waals surface area contributed by atoms with Crippen molar-refractivity contribution in [3.63, 3.8) is 0 Å². The largest absolute Gasteiger partial charge is 0.550 e. The molecule has 28 heavy (non-hydrogen) atoms. The van der Waals surface area contributed by atoms with Gasteiger partial charge in [-0.05, 0) is 29.5 Å². The number of carbonyl (C=O) groups is 2. The molecule has 0 spiro atoms. The first-order valence-corrected chi connectivity index (χ1v) is 8.86. The van der Waals surface area contributed by atoms with E-state index in [1.165, 1.54) is 25.1 Å². The third-order valence-corrected chi connectivity index (χ3v) is 4.60. The molecule has 0 radical (unpaired) electrons. The Morgan fingerprint density at radius 2 is 1.71 bits per heavy atom. The molecule has 7 heteroatoms. The van der Waals surface area contributed by atoms with E-state index in [0.717, 1.165) is 5.56 Å². The third kappa shape index (κ3) is 4.94. The van der Waals surface area contributed by atoms with Crippen molar-refractivity contribution in [2.45, 2.75) is 45.6 Å². The molecule has 0 saturated heterocycles. The SMILES string of the molecule is Cc1c(C(=O)N[C@@H](CC(=O)[O-])c2ccc(C(C)(C)C)cc2)cccc1[N+](=O)[O-]. The molecule has 0 aromatic heterocycles. The topological polar surface area (TPSA) is 112 Å². The first-order chi connectivity index (χ1) is 13.0. The second kappa shape index (κ2) is 8.21. The molecule has 7 nitrogen and oxygen atoms in total. The standard InChI is InChI=1S/C21H24N2O5/c1-13-16(6-5-7-18(13)23(27)28)20(26)22-17(12-19(24)25)14-8-10-15(11-9-14)21(2,3)4/h5-11,17H,12H2,1-4H3,(H,22,26)(H,24,25)/p-1/t17-/m0/s1. The van der Waals surface area contributed by atoms with Crippen LogP contribution in [0.5, 0.6) is 0 Å². The molecular weight excluding hydrogens is 360 g/mol. The van der Waals surface area contributed by atoms with Gasteiger partial charge in [-0.1, -0.05) is 51.1 Å². The number of carboxylic acid groups (broad SMARTS) is 1. The number of carboxylic acids is 1. The van der Waals surface area contributed by atoms with Crippen molar-refractivity contribution in [2.75, 3.05) is 0 Å². The van der Waals surface area contributed by atoms with Gasteiger partial charge in [0.15, 0.2) is 0 Å². The molecule has 148 valence electrons. The van der Waals surface area contributed by atoms with Gasteiger partial charge in [0.1, 0.15) is 0 Å². The minimum absolute atomic E-state index is 0.0638. The molecule has 0 aliphatic carbocycles. The van der Waals surface area contributed by atoms with Crippen molar-refractivity contribution in [1.29, 1.82) is 0 Å². The highest BCUT2D eigenvalue weighted by Gasteiger charge is 2.22. The molecule has 2 aromatic rings. The van der Waals surface area contributed by atoms with Crippen LogP contribution in [0, 0.1) is 17.0 Å². The number of rotatable bonds is 6. The highest BCUT2D eigenvalue weighted by atomic mass is 16.6. The van der Waals surface area contributed by atoms with E-state index >= 15 is 0 Å². The summed E-state index contributed by atoms with van der Waals surface area (Å²) in [6.45, 7) is 7.67. The number of hydrogen-bond donors (Lipinski definition) is 1. The summed E-state index contributed by atoms with van der Waals surface area (Å²) in [7, 11) is 0. The average Bonchev–Trinajstić information content (AvgIpc) is 2.60. The fraction of sp³-hybridized carbons (Fsp3) is 0.333. The van der Waals surface area contributed by atoms with E-state index in [4.69, 9.17) is 0 Å². The van der Waals surface area contributed by atoms with Crippen LogP contribution in [0.4, 0.5) is 5.69 Å². The maximum absolute atomic E-state index is 12.7. The van der Waals surface area contributed by atoms with Gasteiger partial charge in [-0.15, -0.1) is 0 Å². The van der Waals surface area contributed by atoms with Gasteiger partial charge >= 0.3 is 0 Å². The number of nitro benzene ring substituents is 1. The van der Waals surface area contributed by atoms with Crippen LogP contribution < -0.4 is 10.4 Å². The molecule has 1 amide bonds. The number of nitro groups is 1. The lowest BCUT2D eigenvalue weighted by Gasteiger charge is -2.23. The summed E-state index contributed by atoms with van der Waals surface area (Å²) in [4.78, 5) is 34.4. The van der Waals surface area contributed by atoms with Crippen molar-refractivity contribution < 1.29 is 19.6 Å². The highest BCUT2D eigenvalue weighted by molar-refractivity contribution is 5.97. The van der Waals surface area contributed by atoms with Gasteiger partial charge in [0.05, 0.1) is 11.0 Å². The van der Waals surface area contributed by atoms with Crippen LogP contribution in [0.1, 0.15) is 60.3 Å². The predicted molar refractivity (Wildman–Crippen MR) is 103 cm³/mol. The number of hydrogen-bond acceptors (Lipinski definition) is 5. The number of nitrogens with zero attached hydrogens (tertiary/aromatic N) is 1. The Balaban J connectivity index is 2.32. The summed E-state index contributed by atoms with van der Waals surface area (Å²) in [5.74, 6) is -1.88. The molecule has 2 rings (SSSR count). The molecule has 0 saturated carbocycles. The van der Waals surface area contributed by atoms with Crippen LogP contribution in [0.25, 0.3) is 0 Å². The zero-order chi connectivity index (χ0) is 21.1. The summed E-state index contributed by atoms with van der Waals surface area (Å²) < 4.78 is 0. The van der Waals surface area contributed by atoms with Crippen LogP contribution >= 0.6 is 0 Å². The fourth-order valence-electron chi connectivity index (χ4n) is 2.94. The monoisotopic (exact) mass is 383 g/mol. The number of carbonyl (C=O) groups excluding carboxylic acids is 2. The molecule has 1 N–H and O–H groups in total. The number of amides is 1. The van der Waals surface area contributed by atoms with Gasteiger partial charge in [-0.25, -0.2) is 0 Å². The lowest BCUT2D eigenvalue weighted by atomic mass is 9.86. The Hall–Kier alpha value is -3.22. The molecule has 0 aliphatic rings. The maximum Gasteiger partial charge on any atom is 0.273 e. The smallest absolute Gasteiger partial charge is 0.273 e. The summed E-state index contributed by atoms with van der Waals surface area (Å²) in [6.07, 6.45) is -0.408. The van der Waals surface area contributed by atoms with Gasteiger partial charge in [-0.3, -0.25) is 14.9 Å². The Bertz CT molecular complexity index is 898. The summed E-state index contributed by atoms with van der Waals surface area (Å²) >= 11 is 0. The Morgan fingerprint density at radius 1 is 1.11 bits per heavy atom. The van der Waals surface area contributed by atoms with Gasteiger partial charge in [0.25, 0.3) is 11.6 Å². The number of benzene rings is 2. The predicted octanol–water partition coefficient (Wildman–Crippen LogP) is 2.81. The normalized spacial score (nSPS) is 12.3. The Morgan fingerprint density at radius 3 is 2.21 bits per heavy atom. The summed E-state index contributed by atoms with van der Waals surface area (Å²) in [6, 6.07) is 10.7. The Kier molecular flexibility index (Phi) is 6.18. The van der Waals surface area contributed by atoms with Crippen molar-refractivity contribution in [1.82, 2.24) is 5.32 Å². The molecule has 0 aliphatic heterocycles. The van der Waals surface area contributed by atoms with Crippen molar-refractivity contribution >= 4 is 17.6 Å². The van der Waals surface area contributed by atoms with E-state index in [-0.39, 0.29) is 22.2 Å². The molecule has 0 fully saturated rings. The van der Waals surface area contributed by atoms with Gasteiger partial charge in [0.2, 0.25) is 0 Å². The lowest BCUT2D eigenvalue weighted by Crippen LogP contribution is -2.34. The summed E-state index contributed by atoms with van der Waals surface area (Å²) in [5, 5.41) is 24.9. The number of nitrogens with one attached hydrogen (secondary N) is 1. The molecule has 1 atom stereocenters. The molecule has 0 unspecified atom stereocenters. The van der Waals surface area contributed by atoms with Gasteiger partial charge in [0, 0.05) is 29.6 Å². The van der Waals surface area contributed by atoms with E-state index in [1.807, 2.05) is 12.1 Å². The molecule has 0 heterocycles. The quantitative estimate of drug-likeness (QED) is 0.609. The maximum atomic E-state index is 12.7.